The van der Waals surface area contributed by atoms with E-state index in [-0.39, 0.29) is 5.75 Å². The normalized spacial score (nSPS) is 11.6. The molecule has 3 nitrogen and oxygen atoms in total. The molecular weight excluding hydrogens is 376 g/mol. The summed E-state index contributed by atoms with van der Waals surface area (Å²) >= 11 is 3.56. The zero-order chi connectivity index (χ0) is 17.0. The van der Waals surface area contributed by atoms with Crippen molar-refractivity contribution in [1.82, 2.24) is 9.38 Å². The minimum Gasteiger partial charge on any atom is -0.507 e. The number of phenolic OH excluding ortho intramolecular Hbond substituents is 1. The number of nitrogens with zero attached hydrogens (tertiary/aromatic N) is 2. The van der Waals surface area contributed by atoms with Crippen LogP contribution in [0.2, 0.25) is 0 Å². The fraction of sp³-hybridized carbons (Fsp3) is 0. The first-order valence-corrected chi connectivity index (χ1v) is 8.79. The van der Waals surface area contributed by atoms with Crippen molar-refractivity contribution in [1.29, 1.82) is 0 Å². The number of hydrogen-bond acceptors (Lipinski definition) is 2. The van der Waals surface area contributed by atoms with Crippen LogP contribution >= 0.6 is 15.9 Å². The molecule has 0 bridgehead atoms. The van der Waals surface area contributed by atoms with Crippen molar-refractivity contribution in [3.63, 3.8) is 0 Å². The Bertz CT molecular complexity index is 1270. The highest BCUT2D eigenvalue weighted by Crippen LogP contribution is 2.36. The van der Waals surface area contributed by atoms with Crippen LogP contribution < -0.4 is 0 Å². The molecule has 0 spiro atoms. The second-order valence-corrected chi connectivity index (χ2v) is 6.95. The molecule has 0 atom stereocenters. The van der Waals surface area contributed by atoms with Gasteiger partial charge in [-0.05, 0) is 42.5 Å². The van der Waals surface area contributed by atoms with E-state index < -0.39 is 0 Å². The maximum atomic E-state index is 10.4. The number of hydrogen-bond donors (Lipinski definition) is 1. The van der Waals surface area contributed by atoms with Gasteiger partial charge in [0.25, 0.3) is 0 Å². The van der Waals surface area contributed by atoms with E-state index in [2.05, 4.69) is 44.6 Å². The van der Waals surface area contributed by atoms with E-state index in [0.29, 0.717) is 0 Å². The van der Waals surface area contributed by atoms with Crippen LogP contribution in [0.5, 0.6) is 5.75 Å². The summed E-state index contributed by atoms with van der Waals surface area (Å²) in [5.41, 5.74) is 5.54. The molecule has 0 amide bonds. The minimum absolute atomic E-state index is 0.235. The van der Waals surface area contributed by atoms with E-state index >= 15 is 0 Å². The summed E-state index contributed by atoms with van der Waals surface area (Å²) < 4.78 is 3.22. The highest BCUT2D eigenvalue weighted by Gasteiger charge is 2.15. The first kappa shape index (κ1) is 14.5. The lowest BCUT2D eigenvalue weighted by Crippen LogP contribution is -1.95. The number of halogens is 1. The monoisotopic (exact) mass is 388 g/mol. The Kier molecular flexibility index (Phi) is 3.09. The largest absolute Gasteiger partial charge is 0.507 e. The van der Waals surface area contributed by atoms with Gasteiger partial charge in [0.05, 0.1) is 27.8 Å². The highest BCUT2D eigenvalue weighted by molar-refractivity contribution is 9.10. The molecule has 0 fully saturated rings. The van der Waals surface area contributed by atoms with Gasteiger partial charge in [0.2, 0.25) is 0 Å². The van der Waals surface area contributed by atoms with Crippen LogP contribution in [-0.2, 0) is 0 Å². The number of phenols is 1. The molecule has 0 unspecified atom stereocenters. The number of rotatable bonds is 1. The Morgan fingerprint density at radius 3 is 2.48 bits per heavy atom. The summed E-state index contributed by atoms with van der Waals surface area (Å²) in [6.07, 6.45) is 0. The molecule has 3 aromatic carbocycles. The Balaban J connectivity index is 2.05. The number of fused-ring (bicyclic) bond motifs is 5. The molecule has 0 aliphatic rings. The molecular formula is C21H13BrN2O. The lowest BCUT2D eigenvalue weighted by atomic mass is 10.1. The molecule has 5 aromatic rings. The number of aromatic hydroxyl groups is 1. The van der Waals surface area contributed by atoms with Gasteiger partial charge >= 0.3 is 0 Å². The summed E-state index contributed by atoms with van der Waals surface area (Å²) in [4.78, 5) is 4.87. The van der Waals surface area contributed by atoms with Crippen molar-refractivity contribution in [2.75, 3.05) is 0 Å². The average Bonchev–Trinajstić information content (AvgIpc) is 3.02. The predicted molar refractivity (Wildman–Crippen MR) is 105 cm³/mol. The van der Waals surface area contributed by atoms with Gasteiger partial charge in [0.1, 0.15) is 5.75 Å². The van der Waals surface area contributed by atoms with Crippen LogP contribution in [0, 0.1) is 0 Å². The van der Waals surface area contributed by atoms with Crippen molar-refractivity contribution in [2.45, 2.75) is 0 Å². The molecule has 25 heavy (non-hydrogen) atoms. The number of para-hydroxylation sites is 2. The van der Waals surface area contributed by atoms with Crippen molar-refractivity contribution in [2.24, 2.45) is 0 Å². The summed E-state index contributed by atoms with van der Waals surface area (Å²) in [7, 11) is 0. The average molecular weight is 389 g/mol. The zero-order valence-electron chi connectivity index (χ0n) is 13.1. The molecule has 0 saturated heterocycles. The SMILES string of the molecule is Oc1ccccc1-c1nc2ccc(Br)cc2n2c1cc1ccccc12. The number of benzene rings is 3. The van der Waals surface area contributed by atoms with Crippen LogP contribution in [0.3, 0.4) is 0 Å². The van der Waals surface area contributed by atoms with Gasteiger partial charge in [-0.1, -0.05) is 46.3 Å². The van der Waals surface area contributed by atoms with Gasteiger partial charge in [-0.15, -0.1) is 0 Å². The molecule has 5 rings (SSSR count). The second-order valence-electron chi connectivity index (χ2n) is 6.03. The van der Waals surface area contributed by atoms with Crippen molar-refractivity contribution >= 4 is 43.4 Å². The van der Waals surface area contributed by atoms with E-state index in [1.807, 2.05) is 42.5 Å². The van der Waals surface area contributed by atoms with Crippen molar-refractivity contribution in [3.8, 4) is 17.0 Å². The molecule has 4 heteroatoms. The van der Waals surface area contributed by atoms with Crippen LogP contribution in [-0.4, -0.2) is 14.5 Å². The molecule has 2 aromatic heterocycles. The maximum absolute atomic E-state index is 10.4. The van der Waals surface area contributed by atoms with E-state index in [0.717, 1.165) is 43.2 Å². The molecule has 0 aliphatic carbocycles. The topological polar surface area (TPSA) is 37.5 Å². The third-order valence-electron chi connectivity index (χ3n) is 4.52. The summed E-state index contributed by atoms with van der Waals surface area (Å²) in [6.45, 7) is 0. The van der Waals surface area contributed by atoms with Crippen molar-refractivity contribution < 1.29 is 5.11 Å². The van der Waals surface area contributed by atoms with Crippen molar-refractivity contribution in [3.05, 3.63) is 77.3 Å². The predicted octanol–water partition coefficient (Wildman–Crippen LogP) is 5.78. The third-order valence-corrected chi connectivity index (χ3v) is 5.02. The maximum Gasteiger partial charge on any atom is 0.125 e. The number of aromatic nitrogens is 2. The first-order chi connectivity index (χ1) is 12.2. The minimum atomic E-state index is 0.235. The standard InChI is InChI=1S/C21H13BrN2O/c22-14-9-10-16-18(12-14)24-17-7-3-1-5-13(17)11-19(24)21(23-16)15-6-2-4-8-20(15)25/h1-12,25H. The van der Waals surface area contributed by atoms with E-state index in [9.17, 15) is 5.11 Å². The van der Waals surface area contributed by atoms with Gasteiger partial charge in [-0.2, -0.15) is 0 Å². The van der Waals surface area contributed by atoms with Crippen LogP contribution in [0.25, 0.3) is 38.7 Å². The second kappa shape index (κ2) is 5.33. The van der Waals surface area contributed by atoms with Crippen LogP contribution in [0.15, 0.2) is 77.3 Å². The lowest BCUT2D eigenvalue weighted by Gasteiger charge is -2.11. The summed E-state index contributed by atoms with van der Waals surface area (Å²) in [5.74, 6) is 0.235. The third kappa shape index (κ3) is 2.14. The Morgan fingerprint density at radius 1 is 0.800 bits per heavy atom. The molecule has 0 saturated carbocycles. The quantitative estimate of drug-likeness (QED) is 0.395. The first-order valence-electron chi connectivity index (χ1n) is 8.00. The Labute approximate surface area is 152 Å². The fourth-order valence-electron chi connectivity index (χ4n) is 3.41. The van der Waals surface area contributed by atoms with E-state index in [4.69, 9.17) is 4.98 Å². The molecule has 2 heterocycles. The lowest BCUT2D eigenvalue weighted by molar-refractivity contribution is 0.477. The zero-order valence-corrected chi connectivity index (χ0v) is 14.7. The Hall–Kier alpha value is -2.85. The Morgan fingerprint density at radius 2 is 1.60 bits per heavy atom. The van der Waals surface area contributed by atoms with Gasteiger partial charge in [0, 0.05) is 15.4 Å². The highest BCUT2D eigenvalue weighted by atomic mass is 79.9. The van der Waals surface area contributed by atoms with Gasteiger partial charge in [-0.25, -0.2) is 4.98 Å². The molecule has 1 N–H and O–H groups in total. The summed E-state index contributed by atoms with van der Waals surface area (Å²) in [6, 6.07) is 23.8. The van der Waals surface area contributed by atoms with Crippen LogP contribution in [0.4, 0.5) is 0 Å². The van der Waals surface area contributed by atoms with Crippen LogP contribution in [0.1, 0.15) is 0 Å². The van der Waals surface area contributed by atoms with Gasteiger partial charge in [0.15, 0.2) is 0 Å². The van der Waals surface area contributed by atoms with E-state index in [1.165, 1.54) is 0 Å². The molecule has 0 aliphatic heterocycles. The molecule has 120 valence electrons. The smallest absolute Gasteiger partial charge is 0.125 e. The molecule has 0 radical (unpaired) electrons. The summed E-state index contributed by atoms with van der Waals surface area (Å²) in [5, 5.41) is 11.5. The fourth-order valence-corrected chi connectivity index (χ4v) is 3.76. The van der Waals surface area contributed by atoms with E-state index in [1.54, 1.807) is 6.07 Å². The van der Waals surface area contributed by atoms with Gasteiger partial charge in [-0.3, -0.25) is 0 Å². The van der Waals surface area contributed by atoms with Gasteiger partial charge < -0.3 is 9.51 Å².